The predicted molar refractivity (Wildman–Crippen MR) is 74.7 cm³/mol. The lowest BCUT2D eigenvalue weighted by Crippen LogP contribution is -2.15. The zero-order valence-corrected chi connectivity index (χ0v) is 11.0. The average molecular weight is 246 g/mol. The van der Waals surface area contributed by atoms with Gasteiger partial charge in [-0.1, -0.05) is 13.3 Å². The van der Waals surface area contributed by atoms with Gasteiger partial charge in [0.1, 0.15) is 5.82 Å². The molecule has 17 heavy (non-hydrogen) atoms. The molecule has 1 fully saturated rings. The lowest BCUT2D eigenvalue weighted by atomic mass is 10.0. The molecule has 0 spiro atoms. The molecule has 2 nitrogen and oxygen atoms in total. The monoisotopic (exact) mass is 246 g/mol. The van der Waals surface area contributed by atoms with Gasteiger partial charge in [-0.3, -0.25) is 0 Å². The van der Waals surface area contributed by atoms with Crippen LogP contribution in [-0.4, -0.2) is 11.5 Å². The molecule has 2 aromatic heterocycles. The minimum absolute atomic E-state index is 0.578. The smallest absolute Gasteiger partial charge is 0.134 e. The highest BCUT2D eigenvalue weighted by atomic mass is 32.1. The molecule has 0 atom stereocenters. The fourth-order valence-corrected chi connectivity index (χ4v) is 3.31. The molecule has 2 heterocycles. The molecule has 0 amide bonds. The van der Waals surface area contributed by atoms with Crippen LogP contribution >= 0.6 is 11.3 Å². The summed E-state index contributed by atoms with van der Waals surface area (Å²) < 4.78 is 1.32. The molecule has 0 radical (unpaired) electrons. The molecular weight excluding hydrogens is 228 g/mol. The van der Waals surface area contributed by atoms with Gasteiger partial charge < -0.3 is 5.32 Å². The van der Waals surface area contributed by atoms with E-state index in [9.17, 15) is 0 Å². The van der Waals surface area contributed by atoms with Crippen molar-refractivity contribution in [2.75, 3.05) is 11.9 Å². The Kier molecular flexibility index (Phi) is 2.79. The Hall–Kier alpha value is -1.09. The maximum Gasteiger partial charge on any atom is 0.134 e. The topological polar surface area (TPSA) is 24.9 Å². The summed E-state index contributed by atoms with van der Waals surface area (Å²) in [6.07, 6.45) is 7.30. The molecule has 2 aromatic rings. The summed E-state index contributed by atoms with van der Waals surface area (Å²) in [6.45, 7) is 3.36. The van der Waals surface area contributed by atoms with Crippen LogP contribution in [0.4, 0.5) is 5.82 Å². The van der Waals surface area contributed by atoms with Crippen LogP contribution in [0, 0.1) is 5.41 Å². The zero-order valence-electron chi connectivity index (χ0n) is 10.2. The maximum absolute atomic E-state index is 4.47. The number of pyridine rings is 1. The van der Waals surface area contributed by atoms with E-state index < -0.39 is 0 Å². The number of hydrogen-bond donors (Lipinski definition) is 1. The Balaban J connectivity index is 1.75. The number of hydrogen-bond acceptors (Lipinski definition) is 3. The van der Waals surface area contributed by atoms with E-state index in [4.69, 9.17) is 0 Å². The Morgan fingerprint density at radius 2 is 2.29 bits per heavy atom. The summed E-state index contributed by atoms with van der Waals surface area (Å²) in [5, 5.41) is 6.96. The number of nitrogens with one attached hydrogen (secondary N) is 1. The molecular formula is C14H18N2S. The van der Waals surface area contributed by atoms with E-state index >= 15 is 0 Å². The Morgan fingerprint density at radius 1 is 1.41 bits per heavy atom. The summed E-state index contributed by atoms with van der Waals surface area (Å²) >= 11 is 1.78. The van der Waals surface area contributed by atoms with Gasteiger partial charge in [0, 0.05) is 22.8 Å². The highest BCUT2D eigenvalue weighted by molar-refractivity contribution is 7.17. The number of thiophene rings is 1. The van der Waals surface area contributed by atoms with Gasteiger partial charge >= 0.3 is 0 Å². The number of aromatic nitrogens is 1. The average Bonchev–Trinajstić information content (AvgIpc) is 2.92. The first kappa shape index (κ1) is 11.0. The van der Waals surface area contributed by atoms with Crippen LogP contribution in [0.3, 0.4) is 0 Å². The Morgan fingerprint density at radius 3 is 3.06 bits per heavy atom. The first-order chi connectivity index (χ1) is 8.33. The van der Waals surface area contributed by atoms with Crippen molar-refractivity contribution in [2.24, 2.45) is 5.41 Å². The highest BCUT2D eigenvalue weighted by Crippen LogP contribution is 2.49. The third-order valence-corrected chi connectivity index (χ3v) is 4.63. The van der Waals surface area contributed by atoms with Crippen LogP contribution in [0.25, 0.3) is 10.1 Å². The molecule has 0 aromatic carbocycles. The standard InChI is InChI=1S/C14H18N2S/c1-2-5-14(6-7-14)10-16-13-11-4-9-17-12(11)3-8-15-13/h3-4,8-9H,2,5-7,10H2,1H3,(H,15,16). The van der Waals surface area contributed by atoms with E-state index in [0.717, 1.165) is 12.4 Å². The van der Waals surface area contributed by atoms with Gasteiger partial charge in [-0.05, 0) is 42.2 Å². The van der Waals surface area contributed by atoms with E-state index in [2.05, 4.69) is 34.7 Å². The molecule has 1 N–H and O–H groups in total. The van der Waals surface area contributed by atoms with E-state index in [-0.39, 0.29) is 0 Å². The Labute approximate surface area is 106 Å². The van der Waals surface area contributed by atoms with Crippen LogP contribution in [0.15, 0.2) is 23.7 Å². The van der Waals surface area contributed by atoms with Crippen molar-refractivity contribution in [3.63, 3.8) is 0 Å². The first-order valence-electron chi connectivity index (χ1n) is 6.39. The van der Waals surface area contributed by atoms with E-state index in [1.54, 1.807) is 11.3 Å². The number of nitrogens with zero attached hydrogens (tertiary/aromatic N) is 1. The van der Waals surface area contributed by atoms with Gasteiger partial charge in [-0.15, -0.1) is 11.3 Å². The van der Waals surface area contributed by atoms with E-state index in [1.807, 2.05) is 6.20 Å². The van der Waals surface area contributed by atoms with Crippen molar-refractivity contribution in [1.29, 1.82) is 0 Å². The predicted octanol–water partition coefficient (Wildman–Crippen LogP) is 4.29. The van der Waals surface area contributed by atoms with Gasteiger partial charge in [-0.25, -0.2) is 4.98 Å². The van der Waals surface area contributed by atoms with Gasteiger partial charge in [0.15, 0.2) is 0 Å². The lowest BCUT2D eigenvalue weighted by Gasteiger charge is -2.15. The maximum atomic E-state index is 4.47. The quantitative estimate of drug-likeness (QED) is 0.851. The van der Waals surface area contributed by atoms with Gasteiger partial charge in [0.05, 0.1) is 0 Å². The molecule has 3 heteroatoms. The molecule has 90 valence electrons. The molecule has 0 aliphatic heterocycles. The van der Waals surface area contributed by atoms with Crippen molar-refractivity contribution in [2.45, 2.75) is 32.6 Å². The lowest BCUT2D eigenvalue weighted by molar-refractivity contribution is 0.485. The first-order valence-corrected chi connectivity index (χ1v) is 7.27. The van der Waals surface area contributed by atoms with Gasteiger partial charge in [0.25, 0.3) is 0 Å². The SMILES string of the molecule is CCCC1(CNc2nccc3sccc23)CC1. The molecule has 1 aliphatic carbocycles. The van der Waals surface area contributed by atoms with Crippen LogP contribution in [0.5, 0.6) is 0 Å². The summed E-state index contributed by atoms with van der Waals surface area (Å²) in [5.74, 6) is 1.06. The van der Waals surface area contributed by atoms with E-state index in [1.165, 1.54) is 35.8 Å². The summed E-state index contributed by atoms with van der Waals surface area (Å²) in [4.78, 5) is 4.47. The third kappa shape index (κ3) is 2.16. The van der Waals surface area contributed by atoms with Crippen molar-refractivity contribution >= 4 is 27.2 Å². The summed E-state index contributed by atoms with van der Waals surface area (Å²) in [5.41, 5.74) is 0.578. The second-order valence-corrected chi connectivity index (χ2v) is 6.04. The fourth-order valence-electron chi connectivity index (χ4n) is 2.53. The van der Waals surface area contributed by atoms with Gasteiger partial charge in [-0.2, -0.15) is 0 Å². The number of anilines is 1. The van der Waals surface area contributed by atoms with Crippen LogP contribution in [-0.2, 0) is 0 Å². The largest absolute Gasteiger partial charge is 0.369 e. The summed E-state index contributed by atoms with van der Waals surface area (Å²) in [6, 6.07) is 4.25. The molecule has 1 aliphatic rings. The van der Waals surface area contributed by atoms with Gasteiger partial charge in [0.2, 0.25) is 0 Å². The molecule has 0 unspecified atom stereocenters. The molecule has 1 saturated carbocycles. The van der Waals surface area contributed by atoms with Crippen molar-refractivity contribution in [3.8, 4) is 0 Å². The minimum atomic E-state index is 0.578. The molecule has 0 saturated heterocycles. The number of rotatable bonds is 5. The minimum Gasteiger partial charge on any atom is -0.369 e. The van der Waals surface area contributed by atoms with Crippen molar-refractivity contribution in [3.05, 3.63) is 23.7 Å². The van der Waals surface area contributed by atoms with Crippen molar-refractivity contribution < 1.29 is 0 Å². The van der Waals surface area contributed by atoms with Crippen LogP contribution in [0.2, 0.25) is 0 Å². The summed E-state index contributed by atoms with van der Waals surface area (Å²) in [7, 11) is 0. The highest BCUT2D eigenvalue weighted by Gasteiger charge is 2.41. The number of fused-ring (bicyclic) bond motifs is 1. The van der Waals surface area contributed by atoms with Crippen LogP contribution in [0.1, 0.15) is 32.6 Å². The second-order valence-electron chi connectivity index (χ2n) is 5.10. The molecule has 0 bridgehead atoms. The van der Waals surface area contributed by atoms with E-state index in [0.29, 0.717) is 5.41 Å². The van der Waals surface area contributed by atoms with Crippen LogP contribution < -0.4 is 5.32 Å². The normalized spacial score (nSPS) is 17.2. The second kappa shape index (κ2) is 4.30. The molecule has 3 rings (SSSR count). The third-order valence-electron chi connectivity index (χ3n) is 3.75. The van der Waals surface area contributed by atoms with Crippen molar-refractivity contribution in [1.82, 2.24) is 4.98 Å². The Bertz CT molecular complexity index is 514. The zero-order chi connectivity index (χ0) is 11.7. The fraction of sp³-hybridized carbons (Fsp3) is 0.500.